The standard InChI is InChI=1S/C6H8F3/c1-3-4-6(8,9)5(2)7/h5H,1,4H2,2H3. The molecular weight excluding hydrogens is 129 g/mol. The molecule has 0 rings (SSSR count). The lowest BCUT2D eigenvalue weighted by atomic mass is 10.2. The molecule has 0 aromatic rings. The Balaban J connectivity index is 3.84. The average molecular weight is 137 g/mol. The van der Waals surface area contributed by atoms with Crippen LogP contribution >= 0.6 is 0 Å². The van der Waals surface area contributed by atoms with Crippen LogP contribution < -0.4 is 0 Å². The van der Waals surface area contributed by atoms with Crippen molar-refractivity contribution in [1.29, 1.82) is 0 Å². The van der Waals surface area contributed by atoms with Gasteiger partial charge in [0.1, 0.15) is 0 Å². The summed E-state index contributed by atoms with van der Waals surface area (Å²) in [5.74, 6) is -3.29. The van der Waals surface area contributed by atoms with E-state index in [4.69, 9.17) is 0 Å². The van der Waals surface area contributed by atoms with E-state index in [9.17, 15) is 13.2 Å². The van der Waals surface area contributed by atoms with E-state index in [0.29, 0.717) is 0 Å². The minimum atomic E-state index is -3.29. The maximum absolute atomic E-state index is 12.1. The molecule has 1 unspecified atom stereocenters. The van der Waals surface area contributed by atoms with Gasteiger partial charge in [-0.15, -0.1) is 0 Å². The van der Waals surface area contributed by atoms with Crippen LogP contribution in [0.3, 0.4) is 0 Å². The van der Waals surface area contributed by atoms with Crippen LogP contribution in [0.2, 0.25) is 0 Å². The quantitative estimate of drug-likeness (QED) is 0.560. The molecule has 1 atom stereocenters. The highest BCUT2D eigenvalue weighted by molar-refractivity contribution is 4.77. The summed E-state index contributed by atoms with van der Waals surface area (Å²) in [4.78, 5) is 0. The van der Waals surface area contributed by atoms with Crippen LogP contribution in [0.1, 0.15) is 13.3 Å². The maximum Gasteiger partial charge on any atom is 0.282 e. The molecule has 0 N–H and O–H groups in total. The first-order valence-electron chi connectivity index (χ1n) is 2.52. The van der Waals surface area contributed by atoms with Crippen molar-refractivity contribution < 1.29 is 13.2 Å². The number of hydrogen-bond donors (Lipinski definition) is 0. The fourth-order valence-corrected chi connectivity index (χ4v) is 0.307. The number of halogens is 3. The first-order valence-corrected chi connectivity index (χ1v) is 2.52. The molecule has 0 aliphatic rings. The number of hydrogen-bond acceptors (Lipinski definition) is 0. The normalized spacial score (nSPS) is 15.1. The van der Waals surface area contributed by atoms with Gasteiger partial charge in [-0.2, -0.15) is 0 Å². The zero-order chi connectivity index (χ0) is 7.49. The fraction of sp³-hybridized carbons (Fsp3) is 0.667. The van der Waals surface area contributed by atoms with E-state index < -0.39 is 18.5 Å². The Hall–Kier alpha value is -0.470. The molecule has 0 fully saturated rings. The average Bonchev–Trinajstić information content (AvgIpc) is 1.65. The van der Waals surface area contributed by atoms with E-state index in [1.165, 1.54) is 0 Å². The minimum Gasteiger partial charge on any atom is -0.241 e. The third-order valence-electron chi connectivity index (χ3n) is 0.943. The molecule has 0 aromatic heterocycles. The summed E-state index contributed by atoms with van der Waals surface area (Å²) in [7, 11) is 0. The molecule has 0 aromatic carbocycles. The first-order chi connectivity index (χ1) is 4.00. The van der Waals surface area contributed by atoms with Crippen molar-refractivity contribution in [1.82, 2.24) is 0 Å². The molecule has 0 aliphatic heterocycles. The van der Waals surface area contributed by atoms with E-state index in [-0.39, 0.29) is 0 Å². The van der Waals surface area contributed by atoms with Crippen LogP contribution in [0.15, 0.2) is 6.58 Å². The highest BCUT2D eigenvalue weighted by atomic mass is 19.3. The van der Waals surface area contributed by atoms with Crippen molar-refractivity contribution in [2.75, 3.05) is 0 Å². The van der Waals surface area contributed by atoms with Crippen LogP contribution in [0.5, 0.6) is 0 Å². The Morgan fingerprint density at radius 2 is 2.11 bits per heavy atom. The van der Waals surface area contributed by atoms with Gasteiger partial charge in [0.05, 0.1) is 0 Å². The summed E-state index contributed by atoms with van der Waals surface area (Å²) in [6.45, 7) is 3.77. The van der Waals surface area contributed by atoms with Crippen LogP contribution in [0.4, 0.5) is 13.2 Å². The molecule has 3 heteroatoms. The lowest BCUT2D eigenvalue weighted by molar-refractivity contribution is -0.0628. The Bertz CT molecular complexity index is 96.5. The predicted octanol–water partition coefficient (Wildman–Crippen LogP) is 2.36. The molecule has 0 bridgehead atoms. The van der Waals surface area contributed by atoms with Crippen molar-refractivity contribution >= 4 is 0 Å². The van der Waals surface area contributed by atoms with E-state index in [1.807, 2.05) is 6.08 Å². The molecule has 1 radical (unpaired) electrons. The molecule has 0 saturated carbocycles. The van der Waals surface area contributed by atoms with E-state index in [2.05, 4.69) is 6.58 Å². The Morgan fingerprint density at radius 1 is 1.67 bits per heavy atom. The van der Waals surface area contributed by atoms with E-state index in [1.54, 1.807) is 0 Å². The predicted molar refractivity (Wildman–Crippen MR) is 29.0 cm³/mol. The summed E-state index contributed by atoms with van der Waals surface area (Å²) in [5.41, 5.74) is 0. The molecular formula is C6H8F3. The third kappa shape index (κ3) is 2.54. The maximum atomic E-state index is 12.1. The highest BCUT2D eigenvalue weighted by Gasteiger charge is 2.34. The second-order valence-electron chi connectivity index (χ2n) is 1.80. The van der Waals surface area contributed by atoms with Gasteiger partial charge in [0.25, 0.3) is 5.92 Å². The third-order valence-corrected chi connectivity index (χ3v) is 0.943. The van der Waals surface area contributed by atoms with Crippen molar-refractivity contribution in [2.24, 2.45) is 0 Å². The van der Waals surface area contributed by atoms with Crippen molar-refractivity contribution in [3.8, 4) is 0 Å². The summed E-state index contributed by atoms with van der Waals surface area (Å²) < 4.78 is 36.0. The highest BCUT2D eigenvalue weighted by Crippen LogP contribution is 2.24. The molecule has 0 amide bonds. The van der Waals surface area contributed by atoms with Gasteiger partial charge < -0.3 is 0 Å². The largest absolute Gasteiger partial charge is 0.282 e. The summed E-state index contributed by atoms with van der Waals surface area (Å²) in [5, 5.41) is 0. The summed E-state index contributed by atoms with van der Waals surface area (Å²) >= 11 is 0. The van der Waals surface area contributed by atoms with Gasteiger partial charge >= 0.3 is 0 Å². The molecule has 0 aliphatic carbocycles. The van der Waals surface area contributed by atoms with Gasteiger partial charge in [0, 0.05) is 6.42 Å². The van der Waals surface area contributed by atoms with Crippen LogP contribution in [0.25, 0.3) is 0 Å². The van der Waals surface area contributed by atoms with E-state index in [0.717, 1.165) is 6.92 Å². The number of rotatable bonds is 3. The van der Waals surface area contributed by atoms with Gasteiger partial charge in [-0.05, 0) is 13.0 Å². The second-order valence-corrected chi connectivity index (χ2v) is 1.80. The lowest BCUT2D eigenvalue weighted by Crippen LogP contribution is -2.26. The Labute approximate surface area is 52.4 Å². The molecule has 0 nitrogen and oxygen atoms in total. The van der Waals surface area contributed by atoms with Crippen LogP contribution in [0, 0.1) is 6.08 Å². The molecule has 0 saturated heterocycles. The van der Waals surface area contributed by atoms with Gasteiger partial charge in [-0.25, -0.2) is 13.2 Å². The van der Waals surface area contributed by atoms with Gasteiger partial charge in [0.15, 0.2) is 6.17 Å². The number of alkyl halides is 3. The Kier molecular flexibility index (Phi) is 2.74. The zero-order valence-corrected chi connectivity index (χ0v) is 5.13. The first kappa shape index (κ1) is 8.53. The van der Waals surface area contributed by atoms with Gasteiger partial charge in [-0.3, -0.25) is 0 Å². The topological polar surface area (TPSA) is 0 Å². The Morgan fingerprint density at radius 3 is 2.22 bits per heavy atom. The van der Waals surface area contributed by atoms with Gasteiger partial charge in [0.2, 0.25) is 0 Å². The molecule has 9 heavy (non-hydrogen) atoms. The molecule has 53 valence electrons. The molecule has 0 spiro atoms. The molecule has 0 heterocycles. The fourth-order valence-electron chi connectivity index (χ4n) is 0.307. The van der Waals surface area contributed by atoms with Gasteiger partial charge in [-0.1, -0.05) is 6.58 Å². The van der Waals surface area contributed by atoms with Crippen LogP contribution in [-0.2, 0) is 0 Å². The van der Waals surface area contributed by atoms with Crippen LogP contribution in [-0.4, -0.2) is 12.1 Å². The second kappa shape index (κ2) is 2.90. The smallest absolute Gasteiger partial charge is 0.241 e. The van der Waals surface area contributed by atoms with Crippen molar-refractivity contribution in [2.45, 2.75) is 25.4 Å². The van der Waals surface area contributed by atoms with Crippen molar-refractivity contribution in [3.63, 3.8) is 0 Å². The summed E-state index contributed by atoms with van der Waals surface area (Å²) in [6, 6.07) is 0. The lowest BCUT2D eigenvalue weighted by Gasteiger charge is -2.14. The zero-order valence-electron chi connectivity index (χ0n) is 5.13. The SMILES string of the molecule is C=[C]CC(F)(F)C(C)F. The summed E-state index contributed by atoms with van der Waals surface area (Å²) in [6.07, 6.45) is -0.887. The monoisotopic (exact) mass is 137 g/mol. The van der Waals surface area contributed by atoms with Crippen molar-refractivity contribution in [3.05, 3.63) is 12.7 Å². The minimum absolute atomic E-state index is 0.718. The van der Waals surface area contributed by atoms with E-state index >= 15 is 0 Å². The number of allylic oxidation sites excluding steroid dienone is 1.